The van der Waals surface area contributed by atoms with Crippen molar-refractivity contribution in [3.05, 3.63) is 50.3 Å². The van der Waals surface area contributed by atoms with Gasteiger partial charge >= 0.3 is 0 Å². The maximum Gasteiger partial charge on any atom is 0.263 e. The summed E-state index contributed by atoms with van der Waals surface area (Å²) in [5.74, 6) is -0.0291. The van der Waals surface area contributed by atoms with Crippen molar-refractivity contribution in [2.24, 2.45) is 0 Å². The average molecular weight is 261 g/mol. The van der Waals surface area contributed by atoms with Crippen LogP contribution in [0.1, 0.15) is 21.1 Å². The molecule has 6 heteroatoms. The van der Waals surface area contributed by atoms with E-state index in [2.05, 4.69) is 15.3 Å². The number of carbonyl (C=O) groups excluding carboxylic acids is 1. The highest BCUT2D eigenvalue weighted by Gasteiger charge is 2.08. The first-order valence-electron chi connectivity index (χ1n) is 5.23. The van der Waals surface area contributed by atoms with Crippen LogP contribution >= 0.6 is 11.3 Å². The molecule has 0 radical (unpaired) electrons. The molecule has 2 rings (SSSR count). The monoisotopic (exact) mass is 261 g/mol. The molecule has 0 aliphatic heterocycles. The number of rotatable bonds is 3. The van der Waals surface area contributed by atoms with Gasteiger partial charge in [0.15, 0.2) is 0 Å². The van der Waals surface area contributed by atoms with E-state index in [9.17, 15) is 9.59 Å². The van der Waals surface area contributed by atoms with Crippen molar-refractivity contribution in [3.8, 4) is 0 Å². The number of H-pyrrole nitrogens is 1. The number of nitrogens with one attached hydrogen (secondary N) is 2. The Bertz CT molecular complexity index is 629. The van der Waals surface area contributed by atoms with Gasteiger partial charge in [0, 0.05) is 18.1 Å². The van der Waals surface area contributed by atoms with Crippen LogP contribution in [0.2, 0.25) is 0 Å². The molecular weight excluding hydrogens is 250 g/mol. The van der Waals surface area contributed by atoms with Gasteiger partial charge in [-0.3, -0.25) is 9.59 Å². The number of amides is 1. The number of nitrogens with zero attached hydrogens (tertiary/aromatic N) is 1. The molecule has 0 saturated heterocycles. The Balaban J connectivity index is 2.24. The van der Waals surface area contributed by atoms with Crippen molar-refractivity contribution in [2.45, 2.75) is 0 Å². The summed E-state index contributed by atoms with van der Waals surface area (Å²) in [4.78, 5) is 30.5. The van der Waals surface area contributed by atoms with Crippen LogP contribution in [0.5, 0.6) is 0 Å². The number of hydrogen-bond donors (Lipinski definition) is 2. The standard InChI is InChI=1S/C12H11N3O2S/c1-13-11(16)9-7-14-10(15-12(9)17)5-4-8-3-2-6-18-8/h2-7H,1H3,(H,13,16)(H,14,15,17)/b5-4-. The van der Waals surface area contributed by atoms with E-state index in [0.717, 1.165) is 4.88 Å². The van der Waals surface area contributed by atoms with Gasteiger partial charge in [-0.2, -0.15) is 0 Å². The zero-order chi connectivity index (χ0) is 13.0. The number of carbonyl (C=O) groups is 1. The Hall–Kier alpha value is -2.21. The van der Waals surface area contributed by atoms with E-state index in [0.29, 0.717) is 5.82 Å². The second-order valence-corrected chi connectivity index (χ2v) is 4.42. The van der Waals surface area contributed by atoms with E-state index in [1.807, 2.05) is 23.6 Å². The lowest BCUT2D eigenvalue weighted by Gasteiger charge is -1.98. The molecule has 2 aromatic heterocycles. The molecule has 0 saturated carbocycles. The number of hydrogen-bond acceptors (Lipinski definition) is 4. The summed E-state index contributed by atoms with van der Waals surface area (Å²) < 4.78 is 0. The SMILES string of the molecule is CNC(=O)c1cnc(/C=C\c2cccs2)[nH]c1=O. The van der Waals surface area contributed by atoms with E-state index >= 15 is 0 Å². The summed E-state index contributed by atoms with van der Waals surface area (Å²) in [6.45, 7) is 0. The Kier molecular flexibility index (Phi) is 3.69. The summed E-state index contributed by atoms with van der Waals surface area (Å²) in [6, 6.07) is 3.90. The molecule has 5 nitrogen and oxygen atoms in total. The highest BCUT2D eigenvalue weighted by Crippen LogP contribution is 2.11. The zero-order valence-electron chi connectivity index (χ0n) is 9.64. The van der Waals surface area contributed by atoms with Gasteiger partial charge in [0.2, 0.25) is 0 Å². The Morgan fingerprint density at radius 2 is 2.33 bits per heavy atom. The first-order valence-corrected chi connectivity index (χ1v) is 6.11. The lowest BCUT2D eigenvalue weighted by molar-refractivity contribution is 0.0961. The predicted molar refractivity (Wildman–Crippen MR) is 71.5 cm³/mol. The van der Waals surface area contributed by atoms with Crippen molar-refractivity contribution in [2.75, 3.05) is 7.05 Å². The summed E-state index contributed by atoms with van der Waals surface area (Å²) in [7, 11) is 1.46. The smallest absolute Gasteiger partial charge is 0.263 e. The number of thiophene rings is 1. The molecule has 2 N–H and O–H groups in total. The van der Waals surface area contributed by atoms with Crippen molar-refractivity contribution in [3.63, 3.8) is 0 Å². The molecule has 0 aliphatic carbocycles. The molecule has 92 valence electrons. The van der Waals surface area contributed by atoms with Gasteiger partial charge in [0.05, 0.1) is 0 Å². The summed E-state index contributed by atoms with van der Waals surface area (Å²) in [5, 5.41) is 4.34. The lowest BCUT2D eigenvalue weighted by Crippen LogP contribution is -2.27. The van der Waals surface area contributed by atoms with E-state index in [-0.39, 0.29) is 5.56 Å². The largest absolute Gasteiger partial charge is 0.355 e. The maximum absolute atomic E-state index is 11.6. The van der Waals surface area contributed by atoms with Gasteiger partial charge < -0.3 is 10.3 Å². The number of aromatic amines is 1. The maximum atomic E-state index is 11.6. The van der Waals surface area contributed by atoms with Crippen LogP contribution in [0, 0.1) is 0 Å². The predicted octanol–water partition coefficient (Wildman–Crippen LogP) is 1.36. The second-order valence-electron chi connectivity index (χ2n) is 3.44. The minimum Gasteiger partial charge on any atom is -0.355 e. The van der Waals surface area contributed by atoms with E-state index in [1.54, 1.807) is 17.4 Å². The Morgan fingerprint density at radius 3 is 2.94 bits per heavy atom. The van der Waals surface area contributed by atoms with Gasteiger partial charge in [-0.15, -0.1) is 11.3 Å². The van der Waals surface area contributed by atoms with Gasteiger partial charge in [0.1, 0.15) is 11.4 Å². The highest BCUT2D eigenvalue weighted by atomic mass is 32.1. The molecule has 0 aliphatic rings. The van der Waals surface area contributed by atoms with Gasteiger partial charge in [-0.1, -0.05) is 6.07 Å². The van der Waals surface area contributed by atoms with E-state index < -0.39 is 11.5 Å². The first kappa shape index (κ1) is 12.3. The van der Waals surface area contributed by atoms with Crippen molar-refractivity contribution >= 4 is 29.4 Å². The zero-order valence-corrected chi connectivity index (χ0v) is 10.5. The molecule has 2 heterocycles. The van der Waals surface area contributed by atoms with Crippen LogP contribution < -0.4 is 10.9 Å². The fourth-order valence-corrected chi connectivity index (χ4v) is 1.95. The van der Waals surface area contributed by atoms with E-state index in [4.69, 9.17) is 0 Å². The summed E-state index contributed by atoms with van der Waals surface area (Å²) >= 11 is 1.59. The molecule has 0 fully saturated rings. The summed E-state index contributed by atoms with van der Waals surface area (Å²) in [5.41, 5.74) is -0.444. The molecule has 0 atom stereocenters. The van der Waals surface area contributed by atoms with Crippen LogP contribution in [-0.4, -0.2) is 22.9 Å². The lowest BCUT2D eigenvalue weighted by atomic mass is 10.3. The third kappa shape index (κ3) is 2.72. The minimum atomic E-state index is -0.449. The third-order valence-corrected chi connectivity index (χ3v) is 3.08. The Morgan fingerprint density at radius 1 is 1.50 bits per heavy atom. The van der Waals surface area contributed by atoms with E-state index in [1.165, 1.54) is 13.2 Å². The van der Waals surface area contributed by atoms with Crippen molar-refractivity contribution in [1.29, 1.82) is 0 Å². The number of aromatic nitrogens is 2. The molecule has 0 bridgehead atoms. The fraction of sp³-hybridized carbons (Fsp3) is 0.0833. The first-order chi connectivity index (χ1) is 8.70. The van der Waals surface area contributed by atoms with Crippen molar-refractivity contribution < 1.29 is 4.79 Å². The third-order valence-electron chi connectivity index (χ3n) is 2.24. The average Bonchev–Trinajstić information content (AvgIpc) is 2.88. The molecule has 18 heavy (non-hydrogen) atoms. The van der Waals surface area contributed by atoms with Crippen LogP contribution in [-0.2, 0) is 0 Å². The van der Waals surface area contributed by atoms with Crippen molar-refractivity contribution in [1.82, 2.24) is 15.3 Å². The normalized spacial score (nSPS) is 10.7. The van der Waals surface area contributed by atoms with Gasteiger partial charge in [0.25, 0.3) is 11.5 Å². The molecule has 1 amide bonds. The molecular formula is C12H11N3O2S. The molecule has 0 unspecified atom stereocenters. The second kappa shape index (κ2) is 5.42. The fourth-order valence-electron chi connectivity index (χ4n) is 1.34. The van der Waals surface area contributed by atoms with Crippen LogP contribution in [0.15, 0.2) is 28.5 Å². The molecule has 0 aromatic carbocycles. The Labute approximate surface area is 107 Å². The molecule has 0 spiro atoms. The van der Waals surface area contributed by atoms with Crippen LogP contribution in [0.25, 0.3) is 12.2 Å². The molecule has 2 aromatic rings. The summed E-state index contributed by atoms with van der Waals surface area (Å²) in [6.07, 6.45) is 4.81. The van der Waals surface area contributed by atoms with Crippen LogP contribution in [0.3, 0.4) is 0 Å². The minimum absolute atomic E-state index is 0.00535. The topological polar surface area (TPSA) is 74.8 Å². The van der Waals surface area contributed by atoms with Crippen LogP contribution in [0.4, 0.5) is 0 Å². The van der Waals surface area contributed by atoms with Gasteiger partial charge in [-0.25, -0.2) is 4.98 Å². The quantitative estimate of drug-likeness (QED) is 0.876. The van der Waals surface area contributed by atoms with Gasteiger partial charge in [-0.05, 0) is 23.6 Å². The highest BCUT2D eigenvalue weighted by molar-refractivity contribution is 7.10.